The maximum absolute atomic E-state index is 13.6. The molecule has 0 saturated heterocycles. The molecule has 0 spiro atoms. The molecule has 1 heterocycles. The summed E-state index contributed by atoms with van der Waals surface area (Å²) in [5, 5.41) is 13.8. The monoisotopic (exact) mass is 280 g/mol. The Bertz CT molecular complexity index is 585. The lowest BCUT2D eigenvalue weighted by Gasteiger charge is -2.09. The van der Waals surface area contributed by atoms with Crippen molar-refractivity contribution in [2.45, 2.75) is 6.42 Å². The first-order chi connectivity index (χ1) is 9.08. The highest BCUT2D eigenvalue weighted by molar-refractivity contribution is 7.09. The van der Waals surface area contributed by atoms with Gasteiger partial charge < -0.3 is 16.2 Å². The molecule has 2 aromatic rings. The number of aromatic carboxylic acids is 1. The summed E-state index contributed by atoms with van der Waals surface area (Å²) in [5.41, 5.74) is 5.43. The molecular formula is C13H13FN2O2S. The molecule has 0 aliphatic heterocycles. The number of nitrogens with two attached hydrogens (primary N) is 1. The molecule has 0 aliphatic carbocycles. The lowest BCUT2D eigenvalue weighted by atomic mass is 10.1. The molecule has 0 aliphatic rings. The van der Waals surface area contributed by atoms with Gasteiger partial charge in [-0.25, -0.2) is 9.18 Å². The third-order valence-corrected chi connectivity index (χ3v) is 3.57. The van der Waals surface area contributed by atoms with E-state index in [1.165, 1.54) is 10.9 Å². The standard InChI is InChI=1S/C13H13FN2O2S/c14-10-7-11(15)9(13(17)18)6-12(10)16-4-3-8-2-1-5-19-8/h1-2,5-7,16H,3-4,15H2,(H,17,18). The Morgan fingerprint density at radius 1 is 1.47 bits per heavy atom. The van der Waals surface area contributed by atoms with Crippen LogP contribution in [0.2, 0.25) is 0 Å². The summed E-state index contributed by atoms with van der Waals surface area (Å²) in [6, 6.07) is 6.19. The van der Waals surface area contributed by atoms with E-state index in [9.17, 15) is 9.18 Å². The van der Waals surface area contributed by atoms with Gasteiger partial charge in [-0.1, -0.05) is 6.07 Å². The van der Waals surface area contributed by atoms with Crippen molar-refractivity contribution in [3.63, 3.8) is 0 Å². The van der Waals surface area contributed by atoms with Gasteiger partial charge in [0, 0.05) is 17.1 Å². The Hall–Kier alpha value is -2.08. The van der Waals surface area contributed by atoms with Crippen LogP contribution in [0.15, 0.2) is 29.6 Å². The molecule has 1 aromatic heterocycles. The number of nitrogens with one attached hydrogen (secondary N) is 1. The van der Waals surface area contributed by atoms with Gasteiger partial charge in [0.25, 0.3) is 0 Å². The van der Waals surface area contributed by atoms with E-state index in [-0.39, 0.29) is 16.9 Å². The molecule has 4 nitrogen and oxygen atoms in total. The zero-order chi connectivity index (χ0) is 13.8. The number of thiophene rings is 1. The smallest absolute Gasteiger partial charge is 0.337 e. The maximum atomic E-state index is 13.6. The predicted molar refractivity (Wildman–Crippen MR) is 74.3 cm³/mol. The van der Waals surface area contributed by atoms with E-state index < -0.39 is 11.8 Å². The predicted octanol–water partition coefficient (Wildman–Crippen LogP) is 2.82. The lowest BCUT2D eigenvalue weighted by molar-refractivity contribution is 0.0698. The first kappa shape index (κ1) is 13.4. The van der Waals surface area contributed by atoms with Gasteiger partial charge in [0.2, 0.25) is 0 Å². The number of hydrogen-bond donors (Lipinski definition) is 3. The van der Waals surface area contributed by atoms with Gasteiger partial charge in [0.15, 0.2) is 0 Å². The fraction of sp³-hybridized carbons (Fsp3) is 0.154. The zero-order valence-electron chi connectivity index (χ0n) is 10.0. The van der Waals surface area contributed by atoms with Crippen LogP contribution in [-0.2, 0) is 6.42 Å². The normalized spacial score (nSPS) is 10.4. The van der Waals surface area contributed by atoms with Crippen LogP contribution in [0.1, 0.15) is 15.2 Å². The third-order valence-electron chi connectivity index (χ3n) is 2.64. The number of anilines is 2. The second-order valence-electron chi connectivity index (χ2n) is 3.98. The van der Waals surface area contributed by atoms with Crippen LogP contribution < -0.4 is 11.1 Å². The molecule has 2 rings (SSSR count). The highest BCUT2D eigenvalue weighted by Crippen LogP contribution is 2.22. The largest absolute Gasteiger partial charge is 0.478 e. The molecule has 0 amide bonds. The van der Waals surface area contributed by atoms with Crippen molar-refractivity contribution < 1.29 is 14.3 Å². The van der Waals surface area contributed by atoms with Gasteiger partial charge in [0.05, 0.1) is 11.3 Å². The van der Waals surface area contributed by atoms with E-state index in [4.69, 9.17) is 10.8 Å². The van der Waals surface area contributed by atoms with Crippen molar-refractivity contribution in [1.29, 1.82) is 0 Å². The van der Waals surface area contributed by atoms with Crippen LogP contribution >= 0.6 is 11.3 Å². The number of nitrogen functional groups attached to an aromatic ring is 1. The number of halogens is 1. The molecule has 4 N–H and O–H groups in total. The van der Waals surface area contributed by atoms with Gasteiger partial charge in [-0.05, 0) is 30.0 Å². The van der Waals surface area contributed by atoms with Crippen LogP contribution in [0.25, 0.3) is 0 Å². The number of benzene rings is 1. The zero-order valence-corrected chi connectivity index (χ0v) is 10.8. The van der Waals surface area contributed by atoms with E-state index in [0.29, 0.717) is 6.54 Å². The number of hydrogen-bond acceptors (Lipinski definition) is 4. The molecule has 1 aromatic carbocycles. The number of carboxylic acids is 1. The molecule has 6 heteroatoms. The van der Waals surface area contributed by atoms with E-state index in [0.717, 1.165) is 12.5 Å². The molecule has 19 heavy (non-hydrogen) atoms. The van der Waals surface area contributed by atoms with Gasteiger partial charge in [-0.15, -0.1) is 11.3 Å². The van der Waals surface area contributed by atoms with Crippen molar-refractivity contribution in [3.8, 4) is 0 Å². The summed E-state index contributed by atoms with van der Waals surface area (Å²) < 4.78 is 13.6. The fourth-order valence-electron chi connectivity index (χ4n) is 1.68. The van der Waals surface area contributed by atoms with Crippen molar-refractivity contribution in [3.05, 3.63) is 45.9 Å². The molecule has 0 bridgehead atoms. The van der Waals surface area contributed by atoms with Crippen molar-refractivity contribution in [2.75, 3.05) is 17.6 Å². The van der Waals surface area contributed by atoms with Crippen LogP contribution in [-0.4, -0.2) is 17.6 Å². The summed E-state index contributed by atoms with van der Waals surface area (Å²) >= 11 is 1.62. The Morgan fingerprint density at radius 3 is 2.89 bits per heavy atom. The van der Waals surface area contributed by atoms with E-state index >= 15 is 0 Å². The van der Waals surface area contributed by atoms with Crippen molar-refractivity contribution in [1.82, 2.24) is 0 Å². The van der Waals surface area contributed by atoms with Crippen LogP contribution in [0.3, 0.4) is 0 Å². The first-order valence-corrected chi connectivity index (χ1v) is 6.54. The Labute approximate surface area is 113 Å². The van der Waals surface area contributed by atoms with Crippen LogP contribution in [0.5, 0.6) is 0 Å². The van der Waals surface area contributed by atoms with E-state index in [1.807, 2.05) is 17.5 Å². The molecule has 0 saturated carbocycles. The summed E-state index contributed by atoms with van der Waals surface area (Å²) in [6.07, 6.45) is 0.754. The number of carboxylic acid groups (broad SMARTS) is 1. The van der Waals surface area contributed by atoms with Gasteiger partial charge in [0.1, 0.15) is 5.82 Å². The lowest BCUT2D eigenvalue weighted by Crippen LogP contribution is -2.09. The third kappa shape index (κ3) is 3.23. The summed E-state index contributed by atoms with van der Waals surface area (Å²) in [7, 11) is 0. The molecule has 0 atom stereocenters. The number of rotatable bonds is 5. The van der Waals surface area contributed by atoms with E-state index in [2.05, 4.69) is 5.32 Å². The van der Waals surface area contributed by atoms with Gasteiger partial charge >= 0.3 is 5.97 Å². The fourth-order valence-corrected chi connectivity index (χ4v) is 2.39. The molecule has 0 radical (unpaired) electrons. The SMILES string of the molecule is Nc1cc(F)c(NCCc2cccs2)cc1C(=O)O. The quantitative estimate of drug-likeness (QED) is 0.736. The Kier molecular flexibility index (Phi) is 4.01. The highest BCUT2D eigenvalue weighted by atomic mass is 32.1. The minimum atomic E-state index is -1.17. The number of carbonyl (C=O) groups is 1. The van der Waals surface area contributed by atoms with Crippen molar-refractivity contribution in [2.24, 2.45) is 0 Å². The molecule has 0 unspecified atom stereocenters. The Balaban J connectivity index is 2.07. The minimum absolute atomic E-state index is 0.0752. The second-order valence-corrected chi connectivity index (χ2v) is 5.01. The average Bonchev–Trinajstić information content (AvgIpc) is 2.84. The maximum Gasteiger partial charge on any atom is 0.337 e. The minimum Gasteiger partial charge on any atom is -0.478 e. The van der Waals surface area contributed by atoms with Gasteiger partial charge in [-0.2, -0.15) is 0 Å². The summed E-state index contributed by atoms with van der Waals surface area (Å²) in [6.45, 7) is 0.528. The van der Waals surface area contributed by atoms with Crippen molar-refractivity contribution >= 4 is 28.7 Å². The summed E-state index contributed by atoms with van der Waals surface area (Å²) in [5.74, 6) is -1.72. The molecule has 0 fully saturated rings. The topological polar surface area (TPSA) is 75.3 Å². The Morgan fingerprint density at radius 2 is 2.26 bits per heavy atom. The highest BCUT2D eigenvalue weighted by Gasteiger charge is 2.12. The molecular weight excluding hydrogens is 267 g/mol. The average molecular weight is 280 g/mol. The van der Waals surface area contributed by atoms with E-state index in [1.54, 1.807) is 11.3 Å². The van der Waals surface area contributed by atoms with Crippen LogP contribution in [0, 0.1) is 5.82 Å². The first-order valence-electron chi connectivity index (χ1n) is 5.66. The molecule has 100 valence electrons. The second kappa shape index (κ2) is 5.71. The van der Waals surface area contributed by atoms with Gasteiger partial charge in [-0.3, -0.25) is 0 Å². The summed E-state index contributed by atoms with van der Waals surface area (Å²) in [4.78, 5) is 12.1. The van der Waals surface area contributed by atoms with Crippen LogP contribution in [0.4, 0.5) is 15.8 Å².